The van der Waals surface area contributed by atoms with Gasteiger partial charge >= 0.3 is 5.97 Å². The van der Waals surface area contributed by atoms with Gasteiger partial charge in [-0.1, -0.05) is 35.9 Å². The third-order valence-electron chi connectivity index (χ3n) is 5.56. The number of carboxylic acids is 1. The Morgan fingerprint density at radius 3 is 2.32 bits per heavy atom. The molecule has 1 heterocycles. The van der Waals surface area contributed by atoms with E-state index in [-0.39, 0.29) is 12.3 Å². The largest absolute Gasteiger partial charge is 0.493 e. The first-order valence-electron chi connectivity index (χ1n) is 11.2. The van der Waals surface area contributed by atoms with Crippen molar-refractivity contribution in [2.45, 2.75) is 39.7 Å². The molecule has 0 saturated heterocycles. The van der Waals surface area contributed by atoms with Crippen molar-refractivity contribution in [1.29, 1.82) is 0 Å². The fraction of sp³-hybridized carbons (Fsp3) is 0.296. The Hall–Kier alpha value is -3.87. The lowest BCUT2D eigenvalue weighted by Crippen LogP contribution is -2.42. The van der Waals surface area contributed by atoms with E-state index >= 15 is 0 Å². The number of amides is 1. The Kier molecular flexibility index (Phi) is 8.24. The number of aryl methyl sites for hydroxylation is 3. The fourth-order valence-corrected chi connectivity index (χ4v) is 3.96. The third-order valence-corrected chi connectivity index (χ3v) is 5.56. The maximum Gasteiger partial charge on any atom is 0.326 e. The Morgan fingerprint density at radius 1 is 1.03 bits per heavy atom. The molecule has 34 heavy (non-hydrogen) atoms. The Balaban J connectivity index is 1.58. The predicted octanol–water partition coefficient (Wildman–Crippen LogP) is 4.10. The van der Waals surface area contributed by atoms with Crippen molar-refractivity contribution in [2.24, 2.45) is 0 Å². The molecule has 0 aliphatic carbocycles. The maximum absolute atomic E-state index is 12.8. The van der Waals surface area contributed by atoms with Gasteiger partial charge in [0.1, 0.15) is 17.6 Å². The van der Waals surface area contributed by atoms with Gasteiger partial charge < -0.3 is 20.5 Å². The number of anilines is 1. The lowest BCUT2D eigenvalue weighted by atomic mass is 9.98. The van der Waals surface area contributed by atoms with Gasteiger partial charge in [-0.05, 0) is 61.7 Å². The molecule has 0 aliphatic heterocycles. The summed E-state index contributed by atoms with van der Waals surface area (Å²) in [6, 6.07) is 15.9. The first-order chi connectivity index (χ1) is 16.3. The number of pyridine rings is 1. The molecule has 1 amide bonds. The van der Waals surface area contributed by atoms with Crippen molar-refractivity contribution in [1.82, 2.24) is 10.3 Å². The van der Waals surface area contributed by atoms with E-state index in [1.807, 2.05) is 82.4 Å². The average Bonchev–Trinajstić information content (AvgIpc) is 2.79. The van der Waals surface area contributed by atoms with Crippen LogP contribution >= 0.6 is 0 Å². The molecule has 7 nitrogen and oxygen atoms in total. The number of carbonyl (C=O) groups excluding carboxylic acids is 1. The lowest BCUT2D eigenvalue weighted by Gasteiger charge is -2.17. The molecule has 0 aliphatic rings. The molecular formula is C27H31N3O4. The maximum atomic E-state index is 12.8. The number of ether oxygens (including phenoxy) is 1. The number of carboxylic acid groups (broad SMARTS) is 1. The van der Waals surface area contributed by atoms with Crippen molar-refractivity contribution in [3.05, 3.63) is 88.1 Å². The van der Waals surface area contributed by atoms with Crippen LogP contribution in [0.15, 0.2) is 54.6 Å². The molecule has 0 spiro atoms. The molecule has 3 aromatic rings. The van der Waals surface area contributed by atoms with Crippen LogP contribution in [-0.4, -0.2) is 41.7 Å². The molecule has 1 atom stereocenters. The smallest absolute Gasteiger partial charge is 0.326 e. The van der Waals surface area contributed by atoms with Crippen LogP contribution in [0.4, 0.5) is 5.82 Å². The zero-order valence-corrected chi connectivity index (χ0v) is 20.0. The van der Waals surface area contributed by atoms with Gasteiger partial charge in [-0.25, -0.2) is 9.78 Å². The van der Waals surface area contributed by atoms with Crippen molar-refractivity contribution in [2.75, 3.05) is 19.0 Å². The van der Waals surface area contributed by atoms with Gasteiger partial charge in [-0.3, -0.25) is 4.79 Å². The number of rotatable bonds is 10. The van der Waals surface area contributed by atoms with Crippen molar-refractivity contribution in [3.63, 3.8) is 0 Å². The monoisotopic (exact) mass is 461 g/mol. The number of benzene rings is 2. The van der Waals surface area contributed by atoms with Crippen LogP contribution in [0.2, 0.25) is 0 Å². The molecule has 0 bridgehead atoms. The third kappa shape index (κ3) is 6.57. The highest BCUT2D eigenvalue weighted by Gasteiger charge is 2.23. The van der Waals surface area contributed by atoms with Crippen LogP contribution in [0.5, 0.6) is 5.75 Å². The summed E-state index contributed by atoms with van der Waals surface area (Å²) in [6.07, 6.45) is 0.842. The molecule has 0 unspecified atom stereocenters. The second-order valence-electron chi connectivity index (χ2n) is 8.35. The summed E-state index contributed by atoms with van der Waals surface area (Å²) >= 11 is 0. The molecule has 0 saturated carbocycles. The minimum Gasteiger partial charge on any atom is -0.493 e. The predicted molar refractivity (Wildman–Crippen MR) is 133 cm³/mol. The highest BCUT2D eigenvalue weighted by molar-refractivity contribution is 5.99. The van der Waals surface area contributed by atoms with Gasteiger partial charge in [0, 0.05) is 31.1 Å². The van der Waals surface area contributed by atoms with Gasteiger partial charge in [-0.15, -0.1) is 0 Å². The zero-order valence-electron chi connectivity index (χ0n) is 20.0. The standard InChI is InChI=1S/C27H31N3O4/c1-17-14-18(2)25(19(3)15-17)26(31)30-23(27(32)33)16-20-8-10-22(11-9-20)34-13-12-21-6-5-7-24(28-4)29-21/h5-11,14-15,23H,12-13,16H2,1-4H3,(H,28,29)(H,30,31)(H,32,33)/t23-/m0/s1. The molecule has 2 aromatic carbocycles. The Bertz CT molecular complexity index is 1140. The van der Waals surface area contributed by atoms with Crippen LogP contribution in [-0.2, 0) is 17.6 Å². The number of hydrogen-bond acceptors (Lipinski definition) is 5. The first kappa shape index (κ1) is 24.8. The van der Waals surface area contributed by atoms with E-state index in [4.69, 9.17) is 4.74 Å². The summed E-state index contributed by atoms with van der Waals surface area (Å²) in [5.41, 5.74) is 4.96. The number of hydrogen-bond donors (Lipinski definition) is 3. The number of aliphatic carboxylic acids is 1. The van der Waals surface area contributed by atoms with Crippen LogP contribution in [0, 0.1) is 20.8 Å². The summed E-state index contributed by atoms with van der Waals surface area (Å²) in [6.45, 7) is 6.16. The van der Waals surface area contributed by atoms with E-state index in [0.717, 1.165) is 33.8 Å². The molecule has 3 N–H and O–H groups in total. The van der Waals surface area contributed by atoms with E-state index in [0.29, 0.717) is 24.3 Å². The summed E-state index contributed by atoms with van der Waals surface area (Å²) in [4.78, 5) is 29.1. The Morgan fingerprint density at radius 2 is 1.71 bits per heavy atom. The van der Waals surface area contributed by atoms with E-state index in [1.54, 1.807) is 0 Å². The summed E-state index contributed by atoms with van der Waals surface area (Å²) < 4.78 is 5.80. The second-order valence-corrected chi connectivity index (χ2v) is 8.35. The highest BCUT2D eigenvalue weighted by Crippen LogP contribution is 2.18. The summed E-state index contributed by atoms with van der Waals surface area (Å²) in [5, 5.41) is 15.4. The zero-order chi connectivity index (χ0) is 24.7. The van der Waals surface area contributed by atoms with Crippen LogP contribution in [0.3, 0.4) is 0 Å². The number of nitrogens with zero attached hydrogens (tertiary/aromatic N) is 1. The normalized spacial score (nSPS) is 11.5. The quantitative estimate of drug-likeness (QED) is 0.420. The molecule has 0 radical (unpaired) electrons. The van der Waals surface area contributed by atoms with Gasteiger partial charge in [0.15, 0.2) is 0 Å². The average molecular weight is 462 g/mol. The molecular weight excluding hydrogens is 430 g/mol. The topological polar surface area (TPSA) is 101 Å². The van der Waals surface area contributed by atoms with E-state index in [2.05, 4.69) is 15.6 Å². The number of carbonyl (C=O) groups is 2. The van der Waals surface area contributed by atoms with Gasteiger partial charge in [-0.2, -0.15) is 0 Å². The van der Waals surface area contributed by atoms with Crippen LogP contribution < -0.4 is 15.4 Å². The van der Waals surface area contributed by atoms with Gasteiger partial charge in [0.05, 0.1) is 6.61 Å². The van der Waals surface area contributed by atoms with E-state index in [1.165, 1.54) is 0 Å². The minimum atomic E-state index is -1.08. The number of aromatic nitrogens is 1. The highest BCUT2D eigenvalue weighted by atomic mass is 16.5. The van der Waals surface area contributed by atoms with Crippen molar-refractivity contribution in [3.8, 4) is 5.75 Å². The van der Waals surface area contributed by atoms with Gasteiger partial charge in [0.2, 0.25) is 0 Å². The van der Waals surface area contributed by atoms with Crippen molar-refractivity contribution < 1.29 is 19.4 Å². The van der Waals surface area contributed by atoms with Gasteiger partial charge in [0.25, 0.3) is 5.91 Å². The van der Waals surface area contributed by atoms with E-state index in [9.17, 15) is 14.7 Å². The molecule has 178 valence electrons. The van der Waals surface area contributed by atoms with Crippen LogP contribution in [0.25, 0.3) is 0 Å². The molecule has 3 rings (SSSR count). The summed E-state index contributed by atoms with van der Waals surface area (Å²) in [5.74, 6) is 0.0515. The van der Waals surface area contributed by atoms with Crippen LogP contribution in [0.1, 0.15) is 38.3 Å². The Labute approximate surface area is 200 Å². The summed E-state index contributed by atoms with van der Waals surface area (Å²) in [7, 11) is 1.83. The lowest BCUT2D eigenvalue weighted by molar-refractivity contribution is -0.139. The van der Waals surface area contributed by atoms with Crippen molar-refractivity contribution >= 4 is 17.7 Å². The minimum absolute atomic E-state index is 0.173. The molecule has 7 heteroatoms. The second kappa shape index (κ2) is 11.3. The first-order valence-corrected chi connectivity index (χ1v) is 11.2. The SMILES string of the molecule is CNc1cccc(CCOc2ccc(C[C@H](NC(=O)c3c(C)cc(C)cc3C)C(=O)O)cc2)n1. The number of nitrogens with one attached hydrogen (secondary N) is 2. The molecule has 1 aromatic heterocycles. The fourth-order valence-electron chi connectivity index (χ4n) is 3.96. The molecule has 0 fully saturated rings. The van der Waals surface area contributed by atoms with E-state index < -0.39 is 12.0 Å².